The molecule has 2 rings (SSSR count). The number of rotatable bonds is 8. The fourth-order valence-corrected chi connectivity index (χ4v) is 3.39. The summed E-state index contributed by atoms with van der Waals surface area (Å²) < 4.78 is 54.7. The molecule has 0 bridgehead atoms. The molecular weight excluding hydrogens is 465 g/mol. The quantitative estimate of drug-likeness (QED) is 0.409. The topological polar surface area (TPSA) is 44.8 Å². The van der Waals surface area contributed by atoms with Crippen LogP contribution in [0.25, 0.3) is 0 Å². The molecule has 164 valence electrons. The van der Waals surface area contributed by atoms with Gasteiger partial charge in [0.25, 0.3) is 0 Å². The van der Waals surface area contributed by atoms with Crippen LogP contribution in [0.5, 0.6) is 11.5 Å². The van der Waals surface area contributed by atoms with E-state index in [1.807, 2.05) is 26.0 Å². The maximum atomic E-state index is 12.7. The SMILES string of the molecule is COC(=O)C(C)c1ccc(OCCC(C)Oc2ccc(C(F)(F)F)cc2Br)cc1C. The van der Waals surface area contributed by atoms with Crippen LogP contribution in [0.15, 0.2) is 40.9 Å². The molecule has 0 amide bonds. The third kappa shape index (κ3) is 6.39. The van der Waals surface area contributed by atoms with E-state index in [0.29, 0.717) is 24.5 Å². The number of hydrogen-bond acceptors (Lipinski definition) is 4. The van der Waals surface area contributed by atoms with Crippen LogP contribution in [-0.2, 0) is 15.7 Å². The molecule has 0 radical (unpaired) electrons. The van der Waals surface area contributed by atoms with Crippen molar-refractivity contribution >= 4 is 21.9 Å². The van der Waals surface area contributed by atoms with Crippen LogP contribution in [0.2, 0.25) is 0 Å². The number of aryl methyl sites for hydroxylation is 1. The molecule has 0 saturated heterocycles. The molecule has 0 fully saturated rings. The Morgan fingerprint density at radius 2 is 1.83 bits per heavy atom. The number of alkyl halides is 3. The monoisotopic (exact) mass is 488 g/mol. The van der Waals surface area contributed by atoms with E-state index < -0.39 is 11.7 Å². The third-order valence-corrected chi connectivity index (χ3v) is 5.26. The van der Waals surface area contributed by atoms with Crippen LogP contribution in [-0.4, -0.2) is 25.8 Å². The van der Waals surface area contributed by atoms with Crippen molar-refractivity contribution < 1.29 is 32.2 Å². The van der Waals surface area contributed by atoms with Gasteiger partial charge in [0, 0.05) is 6.42 Å². The summed E-state index contributed by atoms with van der Waals surface area (Å²) in [6.07, 6.45) is -4.13. The average molecular weight is 489 g/mol. The number of esters is 1. The first kappa shape index (κ1) is 24.1. The maximum absolute atomic E-state index is 12.7. The van der Waals surface area contributed by atoms with Crippen LogP contribution < -0.4 is 9.47 Å². The van der Waals surface area contributed by atoms with Gasteiger partial charge in [-0.15, -0.1) is 0 Å². The zero-order valence-corrected chi connectivity index (χ0v) is 18.8. The molecule has 0 aliphatic rings. The zero-order chi connectivity index (χ0) is 22.5. The molecule has 30 heavy (non-hydrogen) atoms. The smallest absolute Gasteiger partial charge is 0.416 e. The summed E-state index contributed by atoms with van der Waals surface area (Å²) in [5.41, 5.74) is 1.06. The maximum Gasteiger partial charge on any atom is 0.416 e. The fraction of sp³-hybridized carbons (Fsp3) is 0.409. The van der Waals surface area contributed by atoms with Crippen LogP contribution in [0.4, 0.5) is 13.2 Å². The Hall–Kier alpha value is -2.22. The summed E-state index contributed by atoms with van der Waals surface area (Å²) in [4.78, 5) is 11.7. The van der Waals surface area contributed by atoms with Crippen LogP contribution in [0.3, 0.4) is 0 Å². The van der Waals surface area contributed by atoms with Gasteiger partial charge in [-0.1, -0.05) is 6.07 Å². The molecular formula is C22H24BrF3O4. The first-order chi connectivity index (χ1) is 14.0. The number of ether oxygens (including phenoxy) is 3. The normalized spacial score (nSPS) is 13.5. The van der Waals surface area contributed by atoms with Crippen molar-refractivity contribution in [2.45, 2.75) is 45.4 Å². The highest BCUT2D eigenvalue weighted by atomic mass is 79.9. The number of methoxy groups -OCH3 is 1. The van der Waals surface area contributed by atoms with Gasteiger partial charge < -0.3 is 14.2 Å². The van der Waals surface area contributed by atoms with E-state index in [9.17, 15) is 18.0 Å². The molecule has 2 unspecified atom stereocenters. The van der Waals surface area contributed by atoms with Gasteiger partial charge in [0.05, 0.1) is 35.8 Å². The highest BCUT2D eigenvalue weighted by Crippen LogP contribution is 2.35. The van der Waals surface area contributed by atoms with Crippen molar-refractivity contribution in [2.75, 3.05) is 13.7 Å². The lowest BCUT2D eigenvalue weighted by Crippen LogP contribution is -2.16. The molecule has 0 spiro atoms. The Balaban J connectivity index is 1.90. The predicted molar refractivity (Wildman–Crippen MR) is 111 cm³/mol. The second kappa shape index (κ2) is 10.2. The predicted octanol–water partition coefficient (Wildman–Crippen LogP) is 6.29. The molecule has 0 saturated carbocycles. The summed E-state index contributed by atoms with van der Waals surface area (Å²) in [5, 5.41) is 0. The Morgan fingerprint density at radius 3 is 2.40 bits per heavy atom. The summed E-state index contributed by atoms with van der Waals surface area (Å²) in [6.45, 7) is 5.87. The molecule has 8 heteroatoms. The summed E-state index contributed by atoms with van der Waals surface area (Å²) in [6, 6.07) is 8.77. The minimum Gasteiger partial charge on any atom is -0.493 e. The van der Waals surface area contributed by atoms with E-state index in [2.05, 4.69) is 15.9 Å². The number of benzene rings is 2. The Morgan fingerprint density at radius 1 is 1.13 bits per heavy atom. The molecule has 0 aromatic heterocycles. The lowest BCUT2D eigenvalue weighted by atomic mass is 9.96. The minimum absolute atomic E-state index is 0.246. The van der Waals surface area contributed by atoms with Crippen molar-refractivity contribution in [2.24, 2.45) is 0 Å². The Kier molecular flexibility index (Phi) is 8.18. The fourth-order valence-electron chi connectivity index (χ4n) is 2.92. The first-order valence-corrected chi connectivity index (χ1v) is 10.2. The van der Waals surface area contributed by atoms with Gasteiger partial charge in [-0.2, -0.15) is 13.2 Å². The second-order valence-electron chi connectivity index (χ2n) is 6.97. The number of carbonyl (C=O) groups excluding carboxylic acids is 1. The number of halogens is 4. The summed E-state index contributed by atoms with van der Waals surface area (Å²) in [5.74, 6) is 0.343. The van der Waals surface area contributed by atoms with E-state index in [1.165, 1.54) is 13.2 Å². The lowest BCUT2D eigenvalue weighted by molar-refractivity contribution is -0.142. The highest BCUT2D eigenvalue weighted by Gasteiger charge is 2.31. The first-order valence-electron chi connectivity index (χ1n) is 9.37. The Labute approximate surface area is 182 Å². The van der Waals surface area contributed by atoms with Crippen molar-refractivity contribution in [1.82, 2.24) is 0 Å². The molecule has 2 aromatic rings. The van der Waals surface area contributed by atoms with Crippen LogP contribution >= 0.6 is 15.9 Å². The van der Waals surface area contributed by atoms with Crippen LogP contribution in [0.1, 0.15) is 42.9 Å². The molecule has 4 nitrogen and oxygen atoms in total. The van der Waals surface area contributed by atoms with E-state index in [-0.39, 0.29) is 22.5 Å². The van der Waals surface area contributed by atoms with E-state index in [0.717, 1.165) is 23.3 Å². The standard InChI is InChI=1S/C22H24BrF3O4/c1-13-11-17(6-7-18(13)15(3)21(27)28-4)29-10-9-14(2)30-20-8-5-16(12-19(20)23)22(24,25)26/h5-8,11-12,14-15H,9-10H2,1-4H3. The van der Waals surface area contributed by atoms with E-state index in [4.69, 9.17) is 14.2 Å². The van der Waals surface area contributed by atoms with Gasteiger partial charge in [-0.25, -0.2) is 0 Å². The largest absolute Gasteiger partial charge is 0.493 e. The van der Waals surface area contributed by atoms with Crippen molar-refractivity contribution in [3.05, 3.63) is 57.6 Å². The second-order valence-corrected chi connectivity index (χ2v) is 7.83. The Bertz CT molecular complexity index is 883. The van der Waals surface area contributed by atoms with Gasteiger partial charge in [0.1, 0.15) is 11.5 Å². The van der Waals surface area contributed by atoms with Gasteiger partial charge >= 0.3 is 12.1 Å². The molecule has 0 N–H and O–H groups in total. The molecule has 2 aromatic carbocycles. The van der Waals surface area contributed by atoms with E-state index >= 15 is 0 Å². The summed E-state index contributed by atoms with van der Waals surface area (Å²) in [7, 11) is 1.36. The average Bonchev–Trinajstić information content (AvgIpc) is 2.67. The molecule has 2 atom stereocenters. The van der Waals surface area contributed by atoms with Crippen LogP contribution in [0, 0.1) is 6.92 Å². The van der Waals surface area contributed by atoms with Crippen molar-refractivity contribution in [3.8, 4) is 11.5 Å². The zero-order valence-electron chi connectivity index (χ0n) is 17.2. The minimum atomic E-state index is -4.40. The number of carbonyl (C=O) groups is 1. The molecule has 0 aliphatic carbocycles. The van der Waals surface area contributed by atoms with Crippen molar-refractivity contribution in [3.63, 3.8) is 0 Å². The van der Waals surface area contributed by atoms with Gasteiger partial charge in [0.15, 0.2) is 0 Å². The number of hydrogen-bond donors (Lipinski definition) is 0. The highest BCUT2D eigenvalue weighted by molar-refractivity contribution is 9.10. The van der Waals surface area contributed by atoms with Gasteiger partial charge in [-0.05, 0) is 78.2 Å². The lowest BCUT2D eigenvalue weighted by Gasteiger charge is -2.18. The molecule has 0 aliphatic heterocycles. The van der Waals surface area contributed by atoms with Gasteiger partial charge in [0.2, 0.25) is 0 Å². The van der Waals surface area contributed by atoms with Gasteiger partial charge in [-0.3, -0.25) is 4.79 Å². The molecule has 0 heterocycles. The van der Waals surface area contributed by atoms with Crippen molar-refractivity contribution in [1.29, 1.82) is 0 Å². The summed E-state index contributed by atoms with van der Waals surface area (Å²) >= 11 is 3.13. The van der Waals surface area contributed by atoms with E-state index in [1.54, 1.807) is 13.0 Å². The third-order valence-electron chi connectivity index (χ3n) is 4.64.